The second-order valence-electron chi connectivity index (χ2n) is 6.46. The van der Waals surface area contributed by atoms with Crippen molar-refractivity contribution in [2.75, 3.05) is 13.2 Å². The lowest BCUT2D eigenvalue weighted by Gasteiger charge is -2.02. The predicted molar refractivity (Wildman–Crippen MR) is 113 cm³/mol. The number of nitrogens with zero attached hydrogens (tertiary/aromatic N) is 2. The van der Waals surface area contributed by atoms with Crippen molar-refractivity contribution >= 4 is 52.1 Å². The maximum absolute atomic E-state index is 11.8. The van der Waals surface area contributed by atoms with E-state index in [-0.39, 0.29) is 11.8 Å². The summed E-state index contributed by atoms with van der Waals surface area (Å²) in [5.41, 5.74) is 2.48. The maximum Gasteiger partial charge on any atom is 0.331 e. The number of ether oxygens (including phenoxy) is 2. The van der Waals surface area contributed by atoms with Gasteiger partial charge in [0.1, 0.15) is 11.0 Å². The maximum atomic E-state index is 11.8. The monoisotopic (exact) mass is 432 g/mol. The molecule has 0 amide bonds. The number of carbonyl (C=O) groups is 3. The van der Waals surface area contributed by atoms with E-state index in [0.29, 0.717) is 22.2 Å². The Kier molecular flexibility index (Phi) is 6.17. The largest absolute Gasteiger partial charge is 0.454 e. The average molecular weight is 432 g/mol. The van der Waals surface area contributed by atoms with Crippen molar-refractivity contribution in [3.8, 4) is 0 Å². The van der Waals surface area contributed by atoms with Gasteiger partial charge in [0.2, 0.25) is 17.6 Å². The van der Waals surface area contributed by atoms with Crippen LogP contribution in [-0.2, 0) is 23.9 Å². The molecule has 0 saturated heterocycles. The van der Waals surface area contributed by atoms with E-state index in [0.717, 1.165) is 12.2 Å². The third kappa shape index (κ3) is 5.33. The average Bonchev–Trinajstić information content (AvgIpc) is 3.41. The zero-order valence-corrected chi connectivity index (χ0v) is 16.6. The molecular formula is C23H16N2O7. The van der Waals surface area contributed by atoms with Gasteiger partial charge in [-0.15, -0.1) is 0 Å². The molecule has 0 radical (unpaired) electrons. The smallest absolute Gasteiger partial charge is 0.331 e. The van der Waals surface area contributed by atoms with E-state index < -0.39 is 30.9 Å². The Hall–Kier alpha value is -4.53. The SMILES string of the molecule is O=C(COC(=O)/C=C/c1nc2ccccc2o1)COC(=O)/C=C/c1nc2ccccc2o1. The molecule has 2 heterocycles. The van der Waals surface area contributed by atoms with Crippen LogP contribution in [-0.4, -0.2) is 40.9 Å². The first kappa shape index (κ1) is 20.7. The van der Waals surface area contributed by atoms with Crippen LogP contribution < -0.4 is 0 Å². The van der Waals surface area contributed by atoms with Crippen molar-refractivity contribution in [1.29, 1.82) is 0 Å². The third-order valence-electron chi connectivity index (χ3n) is 4.10. The number of carbonyl (C=O) groups excluding carboxylic acids is 3. The van der Waals surface area contributed by atoms with Gasteiger partial charge in [-0.1, -0.05) is 24.3 Å². The Balaban J connectivity index is 1.19. The minimum Gasteiger partial charge on any atom is -0.454 e. The van der Waals surface area contributed by atoms with Gasteiger partial charge in [-0.25, -0.2) is 19.6 Å². The van der Waals surface area contributed by atoms with Crippen molar-refractivity contribution in [3.63, 3.8) is 0 Å². The van der Waals surface area contributed by atoms with Crippen molar-refractivity contribution in [2.24, 2.45) is 0 Å². The zero-order valence-electron chi connectivity index (χ0n) is 16.6. The minimum absolute atomic E-state index is 0.231. The highest BCUT2D eigenvalue weighted by Gasteiger charge is 2.09. The molecule has 0 bridgehead atoms. The van der Waals surface area contributed by atoms with Gasteiger partial charge in [-0.2, -0.15) is 0 Å². The molecule has 0 fully saturated rings. The van der Waals surface area contributed by atoms with Crippen LogP contribution in [0, 0.1) is 0 Å². The number of aromatic nitrogens is 2. The summed E-state index contributed by atoms with van der Waals surface area (Å²) in [5, 5.41) is 0. The predicted octanol–water partition coefficient (Wildman–Crippen LogP) is 3.35. The van der Waals surface area contributed by atoms with Crippen LogP contribution in [0.2, 0.25) is 0 Å². The van der Waals surface area contributed by atoms with Gasteiger partial charge in [-0.3, -0.25) is 4.79 Å². The van der Waals surface area contributed by atoms with Crippen LogP contribution in [0.1, 0.15) is 11.8 Å². The quantitative estimate of drug-likeness (QED) is 0.305. The van der Waals surface area contributed by atoms with E-state index in [9.17, 15) is 14.4 Å². The highest BCUT2D eigenvalue weighted by Crippen LogP contribution is 2.16. The van der Waals surface area contributed by atoms with Gasteiger partial charge in [0.15, 0.2) is 24.4 Å². The highest BCUT2D eigenvalue weighted by atomic mass is 16.6. The first-order chi connectivity index (χ1) is 15.6. The van der Waals surface area contributed by atoms with Crippen molar-refractivity contribution < 1.29 is 32.7 Å². The number of ketones is 1. The van der Waals surface area contributed by atoms with Crippen LogP contribution in [0.15, 0.2) is 69.5 Å². The lowest BCUT2D eigenvalue weighted by atomic mass is 10.3. The molecule has 0 aliphatic heterocycles. The van der Waals surface area contributed by atoms with Gasteiger partial charge >= 0.3 is 11.9 Å². The highest BCUT2D eigenvalue weighted by molar-refractivity contribution is 5.92. The fraction of sp³-hybridized carbons (Fsp3) is 0.0870. The zero-order chi connectivity index (χ0) is 22.3. The van der Waals surface area contributed by atoms with Gasteiger partial charge in [-0.05, 0) is 24.3 Å². The second kappa shape index (κ2) is 9.52. The number of para-hydroxylation sites is 4. The number of fused-ring (bicyclic) bond motifs is 2. The summed E-state index contributed by atoms with van der Waals surface area (Å²) in [6.45, 7) is -1.09. The van der Waals surface area contributed by atoms with Crippen LogP contribution in [0.25, 0.3) is 34.4 Å². The first-order valence-corrected chi connectivity index (χ1v) is 9.49. The molecule has 9 heteroatoms. The second-order valence-corrected chi connectivity index (χ2v) is 6.46. The van der Waals surface area contributed by atoms with E-state index in [2.05, 4.69) is 9.97 Å². The van der Waals surface area contributed by atoms with Crippen molar-refractivity contribution in [2.45, 2.75) is 0 Å². The Bertz CT molecular complexity index is 1180. The number of Topliss-reactive ketones (excluding diaryl/α,β-unsaturated/α-hetero) is 1. The van der Waals surface area contributed by atoms with Crippen LogP contribution in [0.5, 0.6) is 0 Å². The Morgan fingerprint density at radius 2 is 1.16 bits per heavy atom. The number of benzene rings is 2. The van der Waals surface area contributed by atoms with E-state index in [1.807, 2.05) is 12.1 Å². The summed E-state index contributed by atoms with van der Waals surface area (Å²) >= 11 is 0. The molecule has 0 unspecified atom stereocenters. The van der Waals surface area contributed by atoms with Gasteiger partial charge in [0.25, 0.3) is 0 Å². The number of hydrogen-bond acceptors (Lipinski definition) is 9. The fourth-order valence-electron chi connectivity index (χ4n) is 2.64. The van der Waals surface area contributed by atoms with E-state index in [1.165, 1.54) is 12.2 Å². The molecular weight excluding hydrogens is 416 g/mol. The molecule has 0 spiro atoms. The molecule has 0 atom stereocenters. The number of esters is 2. The molecule has 2 aromatic heterocycles. The van der Waals surface area contributed by atoms with Crippen LogP contribution >= 0.6 is 0 Å². The van der Waals surface area contributed by atoms with Crippen molar-refractivity contribution in [3.05, 3.63) is 72.5 Å². The third-order valence-corrected chi connectivity index (χ3v) is 4.10. The Morgan fingerprint density at radius 3 is 1.59 bits per heavy atom. The lowest BCUT2D eigenvalue weighted by molar-refractivity contribution is -0.148. The molecule has 0 aliphatic rings. The molecule has 4 aromatic rings. The fourth-order valence-corrected chi connectivity index (χ4v) is 2.64. The first-order valence-electron chi connectivity index (χ1n) is 9.49. The standard InChI is InChI=1S/C23H16N2O7/c26-15(13-29-22(27)11-9-20-24-16-5-1-3-7-18(16)31-20)14-30-23(28)12-10-21-25-17-6-2-4-8-19(17)32-21/h1-12H,13-14H2/b11-9+,12-10+. The number of rotatable bonds is 8. The normalized spacial score (nSPS) is 11.5. The summed E-state index contributed by atoms with van der Waals surface area (Å²) in [6, 6.07) is 14.3. The molecule has 32 heavy (non-hydrogen) atoms. The summed E-state index contributed by atoms with van der Waals surface area (Å²) < 4.78 is 20.5. The number of oxazole rings is 2. The molecule has 0 N–H and O–H groups in total. The topological polar surface area (TPSA) is 122 Å². The van der Waals surface area contributed by atoms with Gasteiger partial charge in [0, 0.05) is 24.3 Å². The number of hydrogen-bond donors (Lipinski definition) is 0. The molecule has 4 rings (SSSR count). The Labute approximate surface area is 180 Å². The molecule has 2 aromatic carbocycles. The van der Waals surface area contributed by atoms with E-state index in [1.54, 1.807) is 36.4 Å². The van der Waals surface area contributed by atoms with E-state index >= 15 is 0 Å². The summed E-state index contributed by atoms with van der Waals surface area (Å²) in [4.78, 5) is 43.6. The Morgan fingerprint density at radius 1 is 0.719 bits per heavy atom. The molecule has 0 saturated carbocycles. The minimum atomic E-state index is -0.761. The lowest BCUT2D eigenvalue weighted by Crippen LogP contribution is -2.19. The van der Waals surface area contributed by atoms with E-state index in [4.69, 9.17) is 18.3 Å². The molecule has 0 aliphatic carbocycles. The van der Waals surface area contributed by atoms with Gasteiger partial charge < -0.3 is 18.3 Å². The van der Waals surface area contributed by atoms with Crippen LogP contribution in [0.4, 0.5) is 0 Å². The molecule has 160 valence electrons. The summed E-state index contributed by atoms with van der Waals surface area (Å²) in [5.74, 6) is -1.65. The van der Waals surface area contributed by atoms with Crippen molar-refractivity contribution in [1.82, 2.24) is 9.97 Å². The summed E-state index contributed by atoms with van der Waals surface area (Å²) in [7, 11) is 0. The van der Waals surface area contributed by atoms with Gasteiger partial charge in [0.05, 0.1) is 0 Å². The molecule has 9 nitrogen and oxygen atoms in total. The van der Waals surface area contributed by atoms with Crippen LogP contribution in [0.3, 0.4) is 0 Å². The summed E-state index contributed by atoms with van der Waals surface area (Å²) in [6.07, 6.45) is 4.85.